The first-order valence-electron chi connectivity index (χ1n) is 20.0. The van der Waals surface area contributed by atoms with Gasteiger partial charge in [-0.25, -0.2) is 4.79 Å². The number of piperidine rings is 1. The Morgan fingerprint density at radius 1 is 0.907 bits per heavy atom. The van der Waals surface area contributed by atoms with Gasteiger partial charge in [-0.1, -0.05) is 76.3 Å². The average Bonchev–Trinajstić information content (AvgIpc) is 3.99. The van der Waals surface area contributed by atoms with Gasteiger partial charge in [-0.15, -0.1) is 0 Å². The normalized spacial score (nSPS) is 22.1. The molecular formula is C42H62N4O8. The number of fused-ring (bicyclic) bond motifs is 1. The van der Waals surface area contributed by atoms with Crippen LogP contribution in [0.25, 0.3) is 0 Å². The van der Waals surface area contributed by atoms with E-state index >= 15 is 0 Å². The molecule has 3 aliphatic carbocycles. The van der Waals surface area contributed by atoms with E-state index in [2.05, 4.69) is 24.5 Å². The van der Waals surface area contributed by atoms with Gasteiger partial charge in [-0.2, -0.15) is 0 Å². The highest BCUT2D eigenvalue weighted by Crippen LogP contribution is 2.51. The van der Waals surface area contributed by atoms with Crippen LogP contribution in [0, 0.1) is 29.6 Å². The summed E-state index contributed by atoms with van der Waals surface area (Å²) in [4.78, 5) is 96.6. The van der Waals surface area contributed by atoms with E-state index in [4.69, 9.17) is 4.74 Å². The van der Waals surface area contributed by atoms with Gasteiger partial charge in [0.25, 0.3) is 0 Å². The van der Waals surface area contributed by atoms with E-state index in [-0.39, 0.29) is 60.5 Å². The number of ether oxygens (including phenoxy) is 1. The Morgan fingerprint density at radius 2 is 1.54 bits per heavy atom. The number of nitrogens with one attached hydrogen (secondary N) is 2. The summed E-state index contributed by atoms with van der Waals surface area (Å²) in [5, 5.41) is 5.54. The molecule has 1 saturated heterocycles. The zero-order valence-electron chi connectivity index (χ0n) is 33.4. The average molecular weight is 751 g/mol. The molecule has 1 unspecified atom stereocenters. The molecular weight excluding hydrogens is 688 g/mol. The topological polar surface area (TPSA) is 159 Å². The van der Waals surface area contributed by atoms with E-state index < -0.39 is 53.2 Å². The van der Waals surface area contributed by atoms with Crippen molar-refractivity contribution >= 4 is 41.2 Å². The van der Waals surface area contributed by atoms with Crippen LogP contribution in [-0.4, -0.2) is 89.3 Å². The fourth-order valence-corrected chi connectivity index (χ4v) is 7.79. The van der Waals surface area contributed by atoms with Crippen LogP contribution in [0.5, 0.6) is 0 Å². The number of amides is 4. The molecule has 0 spiro atoms. The van der Waals surface area contributed by atoms with Gasteiger partial charge in [0.2, 0.25) is 23.5 Å². The smallest absolute Gasteiger partial charge is 0.408 e. The molecule has 4 aliphatic rings. The predicted molar refractivity (Wildman–Crippen MR) is 204 cm³/mol. The zero-order chi connectivity index (χ0) is 39.7. The molecule has 1 aliphatic heterocycles. The van der Waals surface area contributed by atoms with Gasteiger partial charge < -0.3 is 25.2 Å². The monoisotopic (exact) mass is 750 g/mol. The Morgan fingerprint density at radius 3 is 2.11 bits per heavy atom. The molecule has 1 heterocycles. The van der Waals surface area contributed by atoms with Crippen LogP contribution in [0.2, 0.25) is 0 Å². The number of likely N-dealkylation sites (N-methyl/N-ethyl adjacent to an activating group) is 1. The lowest BCUT2D eigenvalue weighted by Crippen LogP contribution is -2.56. The Labute approximate surface area is 320 Å². The second-order valence-electron chi connectivity index (χ2n) is 16.9. The van der Waals surface area contributed by atoms with Gasteiger partial charge >= 0.3 is 6.09 Å². The molecule has 0 radical (unpaired) electrons. The van der Waals surface area contributed by atoms with Crippen molar-refractivity contribution in [1.29, 1.82) is 0 Å². The third-order valence-electron chi connectivity index (χ3n) is 10.7. The first-order chi connectivity index (χ1) is 25.5. The van der Waals surface area contributed by atoms with Crippen LogP contribution in [0.3, 0.4) is 0 Å². The molecule has 0 bridgehead atoms. The van der Waals surface area contributed by atoms with Crippen molar-refractivity contribution < 1.29 is 38.3 Å². The molecule has 298 valence electrons. The highest BCUT2D eigenvalue weighted by Gasteiger charge is 2.58. The minimum atomic E-state index is -0.935. The largest absolute Gasteiger partial charge is 0.444 e. The Balaban J connectivity index is 0.00000209. The molecule has 4 fully saturated rings. The SMILES string of the molecule is CCC.CN(C)C(=O)[C@@H](NC(=O)CCC(=O)C(=O)C(CC(=O)[C@@H]1[C@H]2C[C@H]2CN1C(=O)[C@@H](NC(=O)OC(C)(C)C)C1CCCC1)CC1CC1)c1ccccc1. The maximum atomic E-state index is 14.1. The van der Waals surface area contributed by atoms with Gasteiger partial charge in [0.15, 0.2) is 11.6 Å². The van der Waals surface area contributed by atoms with Crippen molar-refractivity contribution in [2.45, 2.75) is 135 Å². The molecule has 5 rings (SSSR count). The Bertz CT molecular complexity index is 1510. The van der Waals surface area contributed by atoms with E-state index in [1.165, 1.54) is 11.3 Å². The molecule has 4 amide bonds. The molecule has 0 aromatic heterocycles. The fraction of sp³-hybridized carbons (Fsp3) is 0.690. The number of benzene rings is 1. The van der Waals surface area contributed by atoms with Crippen LogP contribution in [0.4, 0.5) is 4.79 Å². The van der Waals surface area contributed by atoms with Gasteiger partial charge in [0.05, 0.1) is 6.04 Å². The summed E-state index contributed by atoms with van der Waals surface area (Å²) in [5.41, 5.74) is -0.135. The van der Waals surface area contributed by atoms with Crippen LogP contribution < -0.4 is 10.6 Å². The van der Waals surface area contributed by atoms with Crippen molar-refractivity contribution in [2.75, 3.05) is 20.6 Å². The van der Waals surface area contributed by atoms with Crippen LogP contribution in [0.1, 0.15) is 123 Å². The van der Waals surface area contributed by atoms with Crippen molar-refractivity contribution in [2.24, 2.45) is 29.6 Å². The highest BCUT2D eigenvalue weighted by molar-refractivity contribution is 6.38. The number of nitrogens with zero attached hydrogens (tertiary/aromatic N) is 2. The number of carbonyl (C=O) groups is 7. The van der Waals surface area contributed by atoms with E-state index in [0.717, 1.165) is 44.9 Å². The standard InChI is InChI=1S/C39H54N4O8.C3H8/c1-39(2,3)51-38(50)41-33(25-13-9-10-14-25)37(49)43-22-27-20-28(27)34(43)30(45)21-26(19-23-15-16-23)35(47)29(44)17-18-31(46)40-32(36(48)42(4)5)24-11-7-6-8-12-24;1-3-2/h6-8,11-12,23,25-28,32-34H,9-10,13-22H2,1-5H3,(H,40,46)(H,41,50);3H2,1-2H3/t26?,27-,28-,32-,33-,34-;/m0./s1. The van der Waals surface area contributed by atoms with Gasteiger partial charge in [-0.3, -0.25) is 28.8 Å². The number of carbonyl (C=O) groups excluding carboxylic acids is 7. The molecule has 12 heteroatoms. The second kappa shape index (κ2) is 19.0. The van der Waals surface area contributed by atoms with Crippen molar-refractivity contribution in [1.82, 2.24) is 20.4 Å². The number of hydrogen-bond donors (Lipinski definition) is 2. The van der Waals surface area contributed by atoms with Crippen molar-refractivity contribution in [3.8, 4) is 0 Å². The summed E-state index contributed by atoms with van der Waals surface area (Å²) >= 11 is 0. The molecule has 12 nitrogen and oxygen atoms in total. The maximum absolute atomic E-state index is 14.1. The lowest BCUT2D eigenvalue weighted by Gasteiger charge is -2.34. The number of Topliss-reactive ketones (excluding diaryl/α,β-unsaturated/α-hetero) is 3. The third kappa shape index (κ3) is 12.0. The van der Waals surface area contributed by atoms with E-state index in [1.807, 2.05) is 0 Å². The summed E-state index contributed by atoms with van der Waals surface area (Å²) in [5.74, 6) is -3.17. The molecule has 1 aromatic carbocycles. The Kier molecular flexibility index (Phi) is 15.0. The van der Waals surface area contributed by atoms with Crippen molar-refractivity contribution in [3.05, 3.63) is 35.9 Å². The summed E-state index contributed by atoms with van der Waals surface area (Å²) in [6.45, 7) is 9.96. The first-order valence-corrected chi connectivity index (χ1v) is 20.0. The minimum Gasteiger partial charge on any atom is -0.444 e. The van der Waals surface area contributed by atoms with Crippen LogP contribution in [-0.2, 0) is 33.5 Å². The highest BCUT2D eigenvalue weighted by atomic mass is 16.6. The number of alkyl carbamates (subject to hydrolysis) is 1. The minimum absolute atomic E-state index is 0.00529. The van der Waals surface area contributed by atoms with E-state index in [0.29, 0.717) is 18.5 Å². The number of likely N-dealkylation sites (tertiary alicyclic amines) is 1. The summed E-state index contributed by atoms with van der Waals surface area (Å²) in [7, 11) is 3.18. The van der Waals surface area contributed by atoms with Crippen molar-refractivity contribution in [3.63, 3.8) is 0 Å². The summed E-state index contributed by atoms with van der Waals surface area (Å²) in [6.07, 6.45) is 6.41. The molecule has 2 N–H and O–H groups in total. The van der Waals surface area contributed by atoms with Gasteiger partial charge in [0, 0.05) is 45.8 Å². The molecule has 54 heavy (non-hydrogen) atoms. The van der Waals surface area contributed by atoms with Gasteiger partial charge in [-0.05, 0) is 75.7 Å². The quantitative estimate of drug-likeness (QED) is 0.208. The maximum Gasteiger partial charge on any atom is 0.408 e. The van der Waals surface area contributed by atoms with E-state index in [1.54, 1.807) is 70.1 Å². The molecule has 6 atom stereocenters. The van der Waals surface area contributed by atoms with Crippen LogP contribution in [0.15, 0.2) is 30.3 Å². The first kappa shape index (κ1) is 42.6. The van der Waals surface area contributed by atoms with Crippen LogP contribution >= 0.6 is 0 Å². The zero-order valence-corrected chi connectivity index (χ0v) is 33.4. The number of hydrogen-bond acceptors (Lipinski definition) is 8. The predicted octanol–water partition coefficient (Wildman–Crippen LogP) is 5.57. The summed E-state index contributed by atoms with van der Waals surface area (Å²) < 4.78 is 5.48. The lowest BCUT2D eigenvalue weighted by atomic mass is 9.86. The number of rotatable bonds is 16. The third-order valence-corrected chi connectivity index (χ3v) is 10.7. The fourth-order valence-electron chi connectivity index (χ4n) is 7.79. The van der Waals surface area contributed by atoms with E-state index in [9.17, 15) is 33.6 Å². The van der Waals surface area contributed by atoms with Gasteiger partial charge in [0.1, 0.15) is 17.7 Å². The molecule has 1 aromatic rings. The Hall–Kier alpha value is -4.09. The molecule has 3 saturated carbocycles. The number of ketones is 3. The second-order valence-corrected chi connectivity index (χ2v) is 16.9. The summed E-state index contributed by atoms with van der Waals surface area (Å²) in [6, 6.07) is 6.35. The lowest BCUT2D eigenvalue weighted by molar-refractivity contribution is -0.144.